The topological polar surface area (TPSA) is 87.2 Å². The van der Waals surface area contributed by atoms with Crippen LogP contribution in [0.3, 0.4) is 0 Å². The summed E-state index contributed by atoms with van der Waals surface area (Å²) >= 11 is 0. The molecule has 1 fully saturated rings. The van der Waals surface area contributed by atoms with E-state index in [-0.39, 0.29) is 17.5 Å². The molecule has 0 bridgehead atoms. The average molecular weight is 259 g/mol. The molecule has 2 heterocycles. The van der Waals surface area contributed by atoms with Crippen molar-refractivity contribution in [2.45, 2.75) is 18.9 Å². The third kappa shape index (κ3) is 2.78. The maximum absolute atomic E-state index is 11.4. The highest BCUT2D eigenvalue weighted by Gasteiger charge is 2.30. The molecule has 0 spiro atoms. The first-order valence-corrected chi connectivity index (χ1v) is 7.37. The van der Waals surface area contributed by atoms with Crippen LogP contribution in [0.15, 0.2) is 6.07 Å². The number of rotatable bonds is 4. The minimum atomic E-state index is -2.91. The summed E-state index contributed by atoms with van der Waals surface area (Å²) in [4.78, 5) is 0. The van der Waals surface area contributed by atoms with Crippen molar-refractivity contribution < 1.29 is 13.2 Å². The summed E-state index contributed by atoms with van der Waals surface area (Å²) in [5, 5.41) is 4.34. The fourth-order valence-corrected chi connectivity index (χ4v) is 3.74. The van der Waals surface area contributed by atoms with Crippen LogP contribution < -0.4 is 5.73 Å². The Bertz CT molecular complexity index is 495. The van der Waals surface area contributed by atoms with Crippen molar-refractivity contribution in [1.82, 2.24) is 9.78 Å². The highest BCUT2D eigenvalue weighted by Crippen LogP contribution is 2.25. The van der Waals surface area contributed by atoms with E-state index >= 15 is 0 Å². The van der Waals surface area contributed by atoms with Crippen LogP contribution in [0.2, 0.25) is 0 Å². The van der Waals surface area contributed by atoms with Gasteiger partial charge in [0.25, 0.3) is 0 Å². The Morgan fingerprint density at radius 2 is 2.41 bits per heavy atom. The second kappa shape index (κ2) is 4.66. The number of sulfone groups is 1. The van der Waals surface area contributed by atoms with Crippen LogP contribution in [0.25, 0.3) is 0 Å². The molecule has 2 N–H and O–H groups in total. The van der Waals surface area contributed by atoms with Gasteiger partial charge in [0.2, 0.25) is 0 Å². The summed E-state index contributed by atoms with van der Waals surface area (Å²) in [6.45, 7) is 0.583. The smallest absolute Gasteiger partial charge is 0.152 e. The summed E-state index contributed by atoms with van der Waals surface area (Å²) in [6.07, 6.45) is 1.28. The summed E-state index contributed by atoms with van der Waals surface area (Å²) in [5.41, 5.74) is 6.69. The molecular formula is C10H17N3O3S. The van der Waals surface area contributed by atoms with Crippen LogP contribution in [-0.2, 0) is 21.0 Å². The lowest BCUT2D eigenvalue weighted by atomic mass is 10.3. The Balaban J connectivity index is 2.13. The molecule has 1 aliphatic rings. The highest BCUT2D eigenvalue weighted by molar-refractivity contribution is 7.91. The fraction of sp³-hybridized carbons (Fsp3) is 0.700. The zero-order chi connectivity index (χ0) is 12.5. The van der Waals surface area contributed by atoms with Crippen molar-refractivity contribution in [2.75, 3.05) is 31.0 Å². The molecule has 0 aliphatic carbocycles. The van der Waals surface area contributed by atoms with E-state index in [1.807, 2.05) is 0 Å². The van der Waals surface area contributed by atoms with Gasteiger partial charge < -0.3 is 10.5 Å². The van der Waals surface area contributed by atoms with Crippen molar-refractivity contribution >= 4 is 15.7 Å². The number of hydrogen-bond acceptors (Lipinski definition) is 5. The molecule has 1 aromatic heterocycles. The normalized spacial score (nSPS) is 23.0. The summed E-state index contributed by atoms with van der Waals surface area (Å²) < 4.78 is 29.4. The standard InChI is InChI=1S/C10H17N3O3S/c1-16-4-2-8-6-10(11)13(12-8)9-3-5-17(14,15)7-9/h6,9H,2-5,7,11H2,1H3. The van der Waals surface area contributed by atoms with Gasteiger partial charge in [-0.1, -0.05) is 0 Å². The lowest BCUT2D eigenvalue weighted by molar-refractivity contribution is 0.201. The number of nitrogen functional groups attached to an aromatic ring is 1. The number of hydrogen-bond donors (Lipinski definition) is 1. The van der Waals surface area contributed by atoms with Gasteiger partial charge in [-0.15, -0.1) is 0 Å². The zero-order valence-electron chi connectivity index (χ0n) is 9.80. The van der Waals surface area contributed by atoms with Crippen LogP contribution in [0, 0.1) is 0 Å². The summed E-state index contributed by atoms with van der Waals surface area (Å²) in [6, 6.07) is 1.67. The number of anilines is 1. The first kappa shape index (κ1) is 12.4. The van der Waals surface area contributed by atoms with Crippen LogP contribution in [0.5, 0.6) is 0 Å². The lowest BCUT2D eigenvalue weighted by Gasteiger charge is -2.09. The minimum Gasteiger partial charge on any atom is -0.384 e. The first-order chi connectivity index (χ1) is 8.02. The third-order valence-corrected chi connectivity index (χ3v) is 4.68. The van der Waals surface area contributed by atoms with Gasteiger partial charge in [0.05, 0.1) is 29.8 Å². The van der Waals surface area contributed by atoms with E-state index in [4.69, 9.17) is 10.5 Å². The molecule has 0 saturated carbocycles. The molecule has 2 rings (SSSR count). The average Bonchev–Trinajstić information content (AvgIpc) is 2.78. The van der Waals surface area contributed by atoms with E-state index < -0.39 is 9.84 Å². The SMILES string of the molecule is COCCc1cc(N)n(C2CCS(=O)(=O)C2)n1. The number of nitrogens with zero attached hydrogens (tertiary/aromatic N) is 2. The van der Waals surface area contributed by atoms with E-state index in [2.05, 4.69) is 5.10 Å². The summed E-state index contributed by atoms with van der Waals surface area (Å²) in [5.74, 6) is 0.894. The predicted molar refractivity (Wildman–Crippen MR) is 64.5 cm³/mol. The second-order valence-corrected chi connectivity index (χ2v) is 6.53. The number of aromatic nitrogens is 2. The minimum absolute atomic E-state index is 0.115. The molecule has 0 amide bonds. The van der Waals surface area contributed by atoms with Gasteiger partial charge in [0.1, 0.15) is 5.82 Å². The Hall–Kier alpha value is -1.08. The van der Waals surface area contributed by atoms with Crippen molar-refractivity contribution in [3.63, 3.8) is 0 Å². The van der Waals surface area contributed by atoms with E-state index in [1.165, 1.54) is 0 Å². The maximum atomic E-state index is 11.4. The van der Waals surface area contributed by atoms with Gasteiger partial charge in [0, 0.05) is 19.6 Å². The lowest BCUT2D eigenvalue weighted by Crippen LogP contribution is -2.14. The van der Waals surface area contributed by atoms with Crippen LogP contribution in [0.4, 0.5) is 5.82 Å². The molecule has 0 radical (unpaired) electrons. The molecule has 17 heavy (non-hydrogen) atoms. The fourth-order valence-electron chi connectivity index (χ4n) is 2.05. The zero-order valence-corrected chi connectivity index (χ0v) is 10.6. The van der Waals surface area contributed by atoms with Crippen molar-refractivity contribution in [1.29, 1.82) is 0 Å². The Morgan fingerprint density at radius 3 is 3.00 bits per heavy atom. The van der Waals surface area contributed by atoms with Crippen molar-refractivity contribution in [3.05, 3.63) is 11.8 Å². The van der Waals surface area contributed by atoms with E-state index in [0.717, 1.165) is 5.69 Å². The second-order valence-electron chi connectivity index (χ2n) is 4.30. The molecule has 96 valence electrons. The van der Waals surface area contributed by atoms with Gasteiger partial charge in [-0.05, 0) is 6.42 Å². The number of nitrogens with two attached hydrogens (primary N) is 1. The van der Waals surface area contributed by atoms with E-state index in [1.54, 1.807) is 17.9 Å². The maximum Gasteiger partial charge on any atom is 0.152 e. The first-order valence-electron chi connectivity index (χ1n) is 5.55. The molecule has 1 aromatic rings. The van der Waals surface area contributed by atoms with Crippen molar-refractivity contribution in [3.8, 4) is 0 Å². The van der Waals surface area contributed by atoms with Gasteiger partial charge in [-0.3, -0.25) is 0 Å². The largest absolute Gasteiger partial charge is 0.384 e. The molecular weight excluding hydrogens is 242 g/mol. The van der Waals surface area contributed by atoms with Gasteiger partial charge in [-0.25, -0.2) is 13.1 Å². The van der Waals surface area contributed by atoms with Crippen molar-refractivity contribution in [2.24, 2.45) is 0 Å². The third-order valence-electron chi connectivity index (χ3n) is 2.93. The molecule has 1 saturated heterocycles. The van der Waals surface area contributed by atoms with E-state index in [9.17, 15) is 8.42 Å². The molecule has 1 aliphatic heterocycles. The Morgan fingerprint density at radius 1 is 1.65 bits per heavy atom. The predicted octanol–water partition coefficient (Wildman–Crippen LogP) is 0.0138. The highest BCUT2D eigenvalue weighted by atomic mass is 32.2. The van der Waals surface area contributed by atoms with Crippen LogP contribution in [-0.4, -0.2) is 43.4 Å². The molecule has 1 atom stereocenters. The molecule has 1 unspecified atom stereocenters. The number of methoxy groups -OCH3 is 1. The van der Waals surface area contributed by atoms with Crippen LogP contribution in [0.1, 0.15) is 18.2 Å². The van der Waals surface area contributed by atoms with Gasteiger partial charge in [-0.2, -0.15) is 5.10 Å². The monoisotopic (exact) mass is 259 g/mol. The summed E-state index contributed by atoms with van der Waals surface area (Å²) in [7, 11) is -1.28. The van der Waals surface area contributed by atoms with Crippen LogP contribution >= 0.6 is 0 Å². The molecule has 6 nitrogen and oxygen atoms in total. The quantitative estimate of drug-likeness (QED) is 0.823. The van der Waals surface area contributed by atoms with E-state index in [0.29, 0.717) is 25.3 Å². The molecule has 0 aromatic carbocycles. The Kier molecular flexibility index (Phi) is 3.39. The Labute approximate surface area is 101 Å². The number of ether oxygens (including phenoxy) is 1. The molecule has 7 heteroatoms. The van der Waals surface area contributed by atoms with Gasteiger partial charge >= 0.3 is 0 Å². The van der Waals surface area contributed by atoms with Gasteiger partial charge in [0.15, 0.2) is 9.84 Å².